The molecule has 0 spiro atoms. The highest BCUT2D eigenvalue weighted by molar-refractivity contribution is 5.71. The molecule has 1 aromatic carbocycles. The molecule has 9 heteroatoms. The summed E-state index contributed by atoms with van der Waals surface area (Å²) in [6.07, 6.45) is 2.61. The van der Waals surface area contributed by atoms with E-state index in [-0.39, 0.29) is 10.6 Å². The van der Waals surface area contributed by atoms with Crippen LogP contribution in [0, 0.1) is 21.4 Å². The van der Waals surface area contributed by atoms with Crippen LogP contribution in [0.25, 0.3) is 0 Å². The van der Waals surface area contributed by atoms with Gasteiger partial charge >= 0.3 is 5.69 Å². The number of hydrogen-bond donors (Lipinski definition) is 0. The predicted octanol–water partition coefficient (Wildman–Crippen LogP) is 2.20. The number of nitriles is 1. The van der Waals surface area contributed by atoms with E-state index >= 15 is 0 Å². The first-order valence-electron chi connectivity index (χ1n) is 10.2. The Morgan fingerprint density at radius 2 is 1.57 bits per heavy atom. The van der Waals surface area contributed by atoms with Gasteiger partial charge in [-0.3, -0.25) is 10.1 Å². The van der Waals surface area contributed by atoms with Crippen LogP contribution in [0.4, 0.5) is 17.3 Å². The van der Waals surface area contributed by atoms with E-state index in [1.807, 2.05) is 47.2 Å². The normalized spacial score (nSPS) is 19.3. The van der Waals surface area contributed by atoms with Crippen molar-refractivity contribution in [3.8, 4) is 6.07 Å². The fraction of sp³-hybridized carbons (Fsp3) is 0.476. The number of benzene rings is 1. The molecular weight excluding hydrogens is 382 g/mol. The summed E-state index contributed by atoms with van der Waals surface area (Å²) in [6, 6.07) is 12.3. The van der Waals surface area contributed by atoms with Gasteiger partial charge in [0.25, 0.3) is 0 Å². The van der Waals surface area contributed by atoms with Crippen molar-refractivity contribution in [2.75, 3.05) is 56.1 Å². The van der Waals surface area contributed by atoms with Gasteiger partial charge in [-0.25, -0.2) is 9.97 Å². The van der Waals surface area contributed by atoms with Gasteiger partial charge in [-0.1, -0.05) is 30.3 Å². The maximum absolute atomic E-state index is 12.0. The van der Waals surface area contributed by atoms with Crippen LogP contribution >= 0.6 is 0 Å². The van der Waals surface area contributed by atoms with Crippen LogP contribution in [0.15, 0.2) is 36.7 Å². The van der Waals surface area contributed by atoms with Gasteiger partial charge < -0.3 is 14.7 Å². The second kappa shape index (κ2) is 8.24. The Kier molecular flexibility index (Phi) is 5.50. The molecule has 3 heterocycles. The number of hydrogen-bond acceptors (Lipinski definition) is 8. The maximum Gasteiger partial charge on any atom is 0.353 e. The van der Waals surface area contributed by atoms with E-state index in [2.05, 4.69) is 20.9 Å². The molecule has 9 nitrogen and oxygen atoms in total. The van der Waals surface area contributed by atoms with E-state index in [1.165, 1.54) is 6.33 Å². The Morgan fingerprint density at radius 3 is 2.10 bits per heavy atom. The van der Waals surface area contributed by atoms with Crippen molar-refractivity contribution in [3.63, 3.8) is 0 Å². The van der Waals surface area contributed by atoms with Crippen LogP contribution in [-0.4, -0.2) is 66.1 Å². The fourth-order valence-corrected chi connectivity index (χ4v) is 4.33. The Labute approximate surface area is 175 Å². The molecule has 2 aromatic rings. The van der Waals surface area contributed by atoms with Crippen LogP contribution < -0.4 is 9.80 Å². The smallest absolute Gasteiger partial charge is 0.351 e. The van der Waals surface area contributed by atoms with Gasteiger partial charge in [-0.15, -0.1) is 0 Å². The molecule has 0 N–H and O–H groups in total. The third-order valence-corrected chi connectivity index (χ3v) is 6.23. The van der Waals surface area contributed by atoms with Gasteiger partial charge in [0.05, 0.1) is 16.4 Å². The lowest BCUT2D eigenvalue weighted by atomic mass is 9.74. The summed E-state index contributed by atoms with van der Waals surface area (Å²) >= 11 is 0. The molecule has 0 aliphatic carbocycles. The standard InChI is InChI=1S/C21H25N7O2/c1-25-11-13-27(14-12-25)20-18(28(29)30)19(23-16-24-20)26-9-7-21(15-22,8-10-26)17-5-3-2-4-6-17/h2-6,16H,7-14H2,1H3. The lowest BCUT2D eigenvalue weighted by Crippen LogP contribution is -2.45. The summed E-state index contributed by atoms with van der Waals surface area (Å²) in [4.78, 5) is 26.3. The van der Waals surface area contributed by atoms with Crippen molar-refractivity contribution in [2.24, 2.45) is 0 Å². The minimum atomic E-state index is -0.570. The molecule has 0 saturated carbocycles. The zero-order valence-electron chi connectivity index (χ0n) is 17.1. The first kappa shape index (κ1) is 20.0. The molecule has 0 unspecified atom stereocenters. The summed E-state index contributed by atoms with van der Waals surface area (Å²) < 4.78 is 0. The summed E-state index contributed by atoms with van der Waals surface area (Å²) in [5.41, 5.74) is 0.397. The maximum atomic E-state index is 12.0. The Balaban J connectivity index is 1.60. The van der Waals surface area contributed by atoms with Gasteiger partial charge in [0.15, 0.2) is 0 Å². The van der Waals surface area contributed by atoms with Crippen molar-refractivity contribution in [1.82, 2.24) is 14.9 Å². The van der Waals surface area contributed by atoms with E-state index in [0.29, 0.717) is 50.7 Å². The predicted molar refractivity (Wildman–Crippen MR) is 114 cm³/mol. The first-order valence-corrected chi connectivity index (χ1v) is 10.2. The van der Waals surface area contributed by atoms with Crippen molar-refractivity contribution in [1.29, 1.82) is 5.26 Å². The van der Waals surface area contributed by atoms with Crippen LogP contribution in [0.3, 0.4) is 0 Å². The Morgan fingerprint density at radius 1 is 1.00 bits per heavy atom. The highest BCUT2D eigenvalue weighted by atomic mass is 16.6. The van der Waals surface area contributed by atoms with Crippen LogP contribution in [-0.2, 0) is 5.41 Å². The number of nitrogens with zero attached hydrogens (tertiary/aromatic N) is 7. The number of piperidine rings is 1. The Bertz CT molecular complexity index is 944. The van der Waals surface area contributed by atoms with Gasteiger partial charge in [-0.05, 0) is 25.5 Å². The van der Waals surface area contributed by atoms with Crippen molar-refractivity contribution in [2.45, 2.75) is 18.3 Å². The summed E-state index contributed by atoms with van der Waals surface area (Å²) in [5.74, 6) is 0.738. The third kappa shape index (κ3) is 3.66. The molecule has 0 amide bonds. The molecule has 4 rings (SSSR count). The molecule has 2 saturated heterocycles. The van der Waals surface area contributed by atoms with Gasteiger partial charge in [0, 0.05) is 39.3 Å². The van der Waals surface area contributed by atoms with E-state index in [1.54, 1.807) is 0 Å². The molecule has 156 valence electrons. The Hall–Kier alpha value is -3.25. The molecule has 30 heavy (non-hydrogen) atoms. The van der Waals surface area contributed by atoms with Crippen LogP contribution in [0.5, 0.6) is 0 Å². The molecule has 2 fully saturated rings. The number of nitro groups is 1. The van der Waals surface area contributed by atoms with E-state index in [0.717, 1.165) is 18.7 Å². The average molecular weight is 407 g/mol. The summed E-state index contributed by atoms with van der Waals surface area (Å²) in [5, 5.41) is 21.9. The van der Waals surface area contributed by atoms with E-state index in [9.17, 15) is 15.4 Å². The largest absolute Gasteiger partial charge is 0.353 e. The number of rotatable bonds is 4. The molecule has 0 radical (unpaired) electrons. The highest BCUT2D eigenvalue weighted by Gasteiger charge is 2.39. The minimum Gasteiger partial charge on any atom is -0.351 e. The minimum absolute atomic E-state index is 0.0359. The number of aromatic nitrogens is 2. The lowest BCUT2D eigenvalue weighted by Gasteiger charge is -2.38. The quantitative estimate of drug-likeness (QED) is 0.561. The van der Waals surface area contributed by atoms with Crippen LogP contribution in [0.2, 0.25) is 0 Å². The zero-order valence-corrected chi connectivity index (χ0v) is 17.1. The molecule has 0 bridgehead atoms. The second-order valence-electron chi connectivity index (χ2n) is 7.96. The topological polar surface area (TPSA) is 102 Å². The zero-order chi connectivity index (χ0) is 21.1. The molecule has 0 atom stereocenters. The van der Waals surface area contributed by atoms with Crippen molar-refractivity contribution < 1.29 is 4.92 Å². The molecule has 2 aliphatic rings. The van der Waals surface area contributed by atoms with Gasteiger partial charge in [-0.2, -0.15) is 5.26 Å². The number of anilines is 2. The van der Waals surface area contributed by atoms with Gasteiger partial charge in [0.2, 0.25) is 11.6 Å². The number of piperazine rings is 1. The molecule has 2 aliphatic heterocycles. The van der Waals surface area contributed by atoms with Crippen molar-refractivity contribution in [3.05, 3.63) is 52.3 Å². The fourth-order valence-electron chi connectivity index (χ4n) is 4.33. The highest BCUT2D eigenvalue weighted by Crippen LogP contribution is 2.40. The monoisotopic (exact) mass is 407 g/mol. The summed E-state index contributed by atoms with van der Waals surface area (Å²) in [6.45, 7) is 4.12. The summed E-state index contributed by atoms with van der Waals surface area (Å²) in [7, 11) is 2.04. The van der Waals surface area contributed by atoms with E-state index < -0.39 is 5.41 Å². The van der Waals surface area contributed by atoms with Crippen LogP contribution in [0.1, 0.15) is 18.4 Å². The average Bonchev–Trinajstić information content (AvgIpc) is 2.79. The molecular formula is C21H25N7O2. The molecule has 1 aromatic heterocycles. The van der Waals surface area contributed by atoms with Gasteiger partial charge in [0.1, 0.15) is 6.33 Å². The third-order valence-electron chi connectivity index (χ3n) is 6.23. The lowest BCUT2D eigenvalue weighted by molar-refractivity contribution is -0.383. The second-order valence-corrected chi connectivity index (χ2v) is 7.96. The first-order chi connectivity index (χ1) is 14.5. The SMILES string of the molecule is CN1CCN(c2ncnc(N3CCC(C#N)(c4ccccc4)CC3)c2[N+](=O)[O-])CC1. The van der Waals surface area contributed by atoms with E-state index in [4.69, 9.17) is 0 Å². The number of likely N-dealkylation sites (N-methyl/N-ethyl adjacent to an activating group) is 1. The van der Waals surface area contributed by atoms with Crippen molar-refractivity contribution >= 4 is 17.3 Å².